The van der Waals surface area contributed by atoms with Gasteiger partial charge in [-0.3, -0.25) is 28.8 Å². The van der Waals surface area contributed by atoms with Gasteiger partial charge in [0.2, 0.25) is 10.8 Å². The monoisotopic (exact) mass is 1580 g/mol. The first-order chi connectivity index (χ1) is 55.1. The number of carboxylic acid groups (broad SMARTS) is 2. The van der Waals surface area contributed by atoms with Gasteiger partial charge < -0.3 is 20.8 Å². The van der Waals surface area contributed by atoms with Crippen molar-refractivity contribution in [3.63, 3.8) is 0 Å². The first-order valence-electron chi connectivity index (χ1n) is 35.5. The van der Waals surface area contributed by atoms with E-state index >= 15 is 52.7 Å². The Kier molecular flexibility index (Phi) is 17.6. The van der Waals surface area contributed by atoms with Gasteiger partial charge in [0.05, 0.1) is 66.7 Å². The van der Waals surface area contributed by atoms with Crippen LogP contribution in [0.25, 0.3) is 22.3 Å². The minimum absolute atomic E-state index is 0.0442. The lowest BCUT2D eigenvalue weighted by molar-refractivity contribution is -0.290. The Morgan fingerprint density at radius 3 is 0.922 bits per heavy atom. The summed E-state index contributed by atoms with van der Waals surface area (Å²) in [6, 6.07) is 59.3. The molecule has 0 atom stereocenters. The number of aromatic carboxylic acids is 2. The normalized spacial score (nSPS) is 14.7. The molecule has 16 rings (SSSR count). The van der Waals surface area contributed by atoms with Gasteiger partial charge in [0.1, 0.15) is 0 Å². The SMILES string of the molecule is CNC(=O)c1cc(C(c2ccc(C(=O)O)c(C(=O)Nc3ccc(C4(c5ccc(N6C(=O)c7ccc(C(c8ccc9c(c8)C(=O)N(c8ccc(C%10(c%11ccc(C)cc%11)c%11ccccc%11-c%11ccccc%11%10)cc8)C9=O)(C(F)(F)F)C(F)(F)F)cc7C6=O)cc5)c5ccccc5-c5ccccc54)cc3)c2)(C(F)(F)F)C(F)(F)F)ccc1C(=O)O. The fourth-order valence-corrected chi connectivity index (χ4v) is 17.4. The third-order valence-electron chi connectivity index (χ3n) is 22.5. The second kappa shape index (κ2) is 26.8. The van der Waals surface area contributed by atoms with E-state index in [2.05, 4.69) is 5.32 Å². The molecule has 0 unspecified atom stereocenters. The van der Waals surface area contributed by atoms with Crippen molar-refractivity contribution < 1.29 is 101 Å². The molecule has 6 amide bonds. The third kappa shape index (κ3) is 10.9. The van der Waals surface area contributed by atoms with E-state index in [-0.39, 0.29) is 41.3 Å². The zero-order valence-corrected chi connectivity index (χ0v) is 60.0. The maximum absolute atomic E-state index is 16.2. The van der Waals surface area contributed by atoms with Gasteiger partial charge >= 0.3 is 36.6 Å². The Morgan fingerprint density at radius 2 is 0.603 bits per heavy atom. The molecule has 4 aliphatic rings. The van der Waals surface area contributed by atoms with Crippen LogP contribution in [0, 0.1) is 6.92 Å². The molecule has 2 aliphatic heterocycles. The lowest BCUT2D eigenvalue weighted by Gasteiger charge is -2.38. The zero-order chi connectivity index (χ0) is 82.5. The molecule has 0 spiro atoms. The number of aryl methyl sites for hydroxylation is 1. The van der Waals surface area contributed by atoms with Gasteiger partial charge in [-0.2, -0.15) is 52.7 Å². The predicted molar refractivity (Wildman–Crippen MR) is 401 cm³/mol. The molecule has 12 aromatic carbocycles. The first kappa shape index (κ1) is 76.0. The highest BCUT2D eigenvalue weighted by molar-refractivity contribution is 6.35. The maximum atomic E-state index is 16.2. The van der Waals surface area contributed by atoms with Crippen LogP contribution in [-0.2, 0) is 21.7 Å². The van der Waals surface area contributed by atoms with Crippen LogP contribution in [0.4, 0.5) is 69.7 Å². The summed E-state index contributed by atoms with van der Waals surface area (Å²) in [5.74, 6) is -11.5. The number of benzene rings is 12. The second-order valence-electron chi connectivity index (χ2n) is 28.3. The summed E-state index contributed by atoms with van der Waals surface area (Å²) in [5.41, 5.74) is -16.9. The van der Waals surface area contributed by atoms with E-state index in [9.17, 15) is 48.6 Å². The summed E-state index contributed by atoms with van der Waals surface area (Å²) in [5, 5.41) is 24.3. The van der Waals surface area contributed by atoms with E-state index in [0.717, 1.165) is 40.4 Å². The van der Waals surface area contributed by atoms with Gasteiger partial charge in [-0.15, -0.1) is 0 Å². The third-order valence-corrected chi connectivity index (χ3v) is 22.5. The van der Waals surface area contributed by atoms with Crippen LogP contribution in [0.15, 0.2) is 267 Å². The number of nitrogens with one attached hydrogen (secondary N) is 2. The number of alkyl halides is 12. The van der Waals surface area contributed by atoms with Gasteiger partial charge in [-0.05, 0) is 181 Å². The van der Waals surface area contributed by atoms with Crippen molar-refractivity contribution in [3.05, 3.63) is 384 Å². The standard InChI is InChI=1S/C90H54F12N4O10/c1-47-19-21-48(22-20-47)83(71-15-7-3-11-59(71)60-12-4-8-16-72(60)83)50-25-35-57(36-26-50)105-77(109)63-39-29-54(45-69(63)79(105)111)86(89(97,98)99,90(100,101)102)55-30-40-64-70(46-55)80(112)106(78(64)110)58-37-27-51(28-38-58)84(73-17-9-5-13-61(73)62-14-6-10-18-74(62)84)49-23-33-56(34-24-49)104-76(108)68-44-53(32-42-66(68)82(115)116)85(87(91,92)93,88(94,95)96)52-31-41-65(81(113)114)67(43-52)75(107)103-2/h3-46H,1-2H3,(H,103,107)(H,104,108)(H,113,114)(H,115,116). The molecular weight excluding hydrogens is 1520 g/mol. The molecule has 2 aliphatic carbocycles. The van der Waals surface area contributed by atoms with E-state index in [1.54, 1.807) is 60.7 Å². The number of fused-ring (bicyclic) bond motifs is 8. The average molecular weight is 1580 g/mol. The number of carbonyl (C=O) groups excluding carboxylic acids is 6. The minimum Gasteiger partial charge on any atom is -0.478 e. The quantitative estimate of drug-likeness (QED) is 0.0564. The number of halogens is 12. The van der Waals surface area contributed by atoms with Crippen LogP contribution in [0.5, 0.6) is 0 Å². The van der Waals surface area contributed by atoms with E-state index < -0.39 is 161 Å². The molecule has 116 heavy (non-hydrogen) atoms. The van der Waals surface area contributed by atoms with Crippen LogP contribution >= 0.6 is 0 Å². The van der Waals surface area contributed by atoms with Gasteiger partial charge in [0, 0.05) is 12.7 Å². The second-order valence-corrected chi connectivity index (χ2v) is 28.3. The van der Waals surface area contributed by atoms with Crippen LogP contribution in [0.3, 0.4) is 0 Å². The van der Waals surface area contributed by atoms with E-state index in [1.807, 2.05) is 85.0 Å². The van der Waals surface area contributed by atoms with E-state index in [1.165, 1.54) is 60.7 Å². The van der Waals surface area contributed by atoms with Gasteiger partial charge in [-0.1, -0.05) is 188 Å². The summed E-state index contributed by atoms with van der Waals surface area (Å²) in [4.78, 5) is 111. The number of hydrogen-bond acceptors (Lipinski definition) is 8. The Balaban J connectivity index is 0.714. The van der Waals surface area contributed by atoms with Crippen LogP contribution in [-0.4, -0.2) is 89.3 Å². The van der Waals surface area contributed by atoms with Crippen molar-refractivity contribution >= 4 is 64.4 Å². The summed E-state index contributed by atoms with van der Waals surface area (Å²) in [7, 11) is 0.940. The van der Waals surface area contributed by atoms with Crippen molar-refractivity contribution in [1.82, 2.24) is 5.32 Å². The van der Waals surface area contributed by atoms with Crippen molar-refractivity contribution in [2.75, 3.05) is 22.2 Å². The minimum atomic E-state index is -6.39. The molecule has 0 aromatic heterocycles. The van der Waals surface area contributed by atoms with Crippen molar-refractivity contribution in [1.29, 1.82) is 0 Å². The topological polar surface area (TPSA) is 208 Å². The number of carbonyl (C=O) groups is 8. The molecule has 0 saturated heterocycles. The van der Waals surface area contributed by atoms with Crippen molar-refractivity contribution in [2.24, 2.45) is 0 Å². The van der Waals surface area contributed by atoms with Gasteiger partial charge in [-0.25, -0.2) is 19.4 Å². The first-order valence-corrected chi connectivity index (χ1v) is 35.5. The molecule has 26 heteroatoms. The number of amides is 6. The summed E-state index contributed by atoms with van der Waals surface area (Å²) >= 11 is 0. The van der Waals surface area contributed by atoms with E-state index in [0.29, 0.717) is 97.3 Å². The fourth-order valence-electron chi connectivity index (χ4n) is 17.4. The van der Waals surface area contributed by atoms with Gasteiger partial charge in [0.15, 0.2) is 0 Å². The molecule has 4 N–H and O–H groups in total. The Bertz CT molecular complexity index is 6110. The molecule has 2 heterocycles. The number of imide groups is 2. The van der Waals surface area contributed by atoms with Crippen molar-refractivity contribution in [3.8, 4) is 22.3 Å². The molecular formula is C90H54F12N4O10. The number of hydrogen-bond donors (Lipinski definition) is 4. The zero-order valence-electron chi connectivity index (χ0n) is 60.0. The summed E-state index contributed by atoms with van der Waals surface area (Å²) < 4.78 is 191. The molecule has 578 valence electrons. The molecule has 0 radical (unpaired) electrons. The highest BCUT2D eigenvalue weighted by Crippen LogP contribution is 2.62. The molecule has 0 saturated carbocycles. The number of carboxylic acids is 2. The lowest BCUT2D eigenvalue weighted by atomic mass is 9.67. The van der Waals surface area contributed by atoms with Crippen LogP contribution in [0.2, 0.25) is 0 Å². The highest BCUT2D eigenvalue weighted by atomic mass is 19.4. The average Bonchev–Trinajstić information content (AvgIpc) is 1.46. The van der Waals surface area contributed by atoms with Crippen molar-refractivity contribution in [2.45, 2.75) is 53.3 Å². The lowest BCUT2D eigenvalue weighted by Crippen LogP contribution is -2.55. The number of rotatable bonds is 15. The molecule has 12 aromatic rings. The largest absolute Gasteiger partial charge is 0.478 e. The smallest absolute Gasteiger partial charge is 0.411 e. The summed E-state index contributed by atoms with van der Waals surface area (Å²) in [6.07, 6.45) is -25.4. The maximum Gasteiger partial charge on any atom is 0.411 e. The fraction of sp³-hybridized carbons (Fsp3) is 0.111. The predicted octanol–water partition coefficient (Wildman–Crippen LogP) is 19.2. The van der Waals surface area contributed by atoms with Crippen LogP contribution in [0.1, 0.15) is 155 Å². The Labute approximate surface area is 649 Å². The number of nitrogens with zero attached hydrogens (tertiary/aromatic N) is 2. The Morgan fingerprint density at radius 1 is 0.319 bits per heavy atom. The highest BCUT2D eigenvalue weighted by Gasteiger charge is 2.74. The summed E-state index contributed by atoms with van der Waals surface area (Å²) in [6.45, 7) is 1.95. The van der Waals surface area contributed by atoms with Crippen LogP contribution < -0.4 is 20.4 Å². The molecule has 0 fully saturated rings. The molecule has 0 bridgehead atoms. The molecule has 14 nitrogen and oxygen atoms in total. The van der Waals surface area contributed by atoms with E-state index in [4.69, 9.17) is 0 Å². The number of anilines is 3. The Hall–Kier alpha value is -14.0. The van der Waals surface area contributed by atoms with Gasteiger partial charge in [0.25, 0.3) is 35.4 Å².